The number of fused-ring (bicyclic) bond motifs is 2. The van der Waals surface area contributed by atoms with Crippen molar-refractivity contribution < 1.29 is 9.18 Å². The SMILES string of the molecule is CCCCNC(=O)c1ccc2c(c1)N=C(/C(C)=C/C=C(\C)Cl)c1cc(F)ccc1S2. The predicted octanol–water partition coefficient (Wildman–Crippen LogP) is 7.03. The van der Waals surface area contributed by atoms with E-state index in [4.69, 9.17) is 16.6 Å². The first-order chi connectivity index (χ1) is 14.4. The molecule has 0 atom stereocenters. The average molecular weight is 443 g/mol. The van der Waals surface area contributed by atoms with E-state index in [1.54, 1.807) is 31.2 Å². The number of hydrogen-bond donors (Lipinski definition) is 1. The number of allylic oxidation sites excluding steroid dienone is 4. The van der Waals surface area contributed by atoms with Crippen molar-refractivity contribution in [1.29, 1.82) is 0 Å². The normalized spacial score (nSPS) is 13.8. The maximum Gasteiger partial charge on any atom is 0.251 e. The average Bonchev–Trinajstić information content (AvgIpc) is 2.88. The number of unbranched alkanes of at least 4 members (excludes halogenated alkanes) is 1. The molecule has 0 unspecified atom stereocenters. The van der Waals surface area contributed by atoms with Crippen LogP contribution in [0.25, 0.3) is 0 Å². The lowest BCUT2D eigenvalue weighted by atomic mass is 10.0. The molecule has 6 heteroatoms. The van der Waals surface area contributed by atoms with Crippen LogP contribution >= 0.6 is 23.4 Å². The summed E-state index contributed by atoms with van der Waals surface area (Å²) < 4.78 is 14.1. The minimum atomic E-state index is -0.319. The predicted molar refractivity (Wildman–Crippen MR) is 124 cm³/mol. The zero-order chi connectivity index (χ0) is 21.7. The van der Waals surface area contributed by atoms with Crippen molar-refractivity contribution in [2.45, 2.75) is 43.4 Å². The van der Waals surface area contributed by atoms with Gasteiger partial charge in [-0.2, -0.15) is 0 Å². The minimum Gasteiger partial charge on any atom is -0.352 e. The molecule has 2 aromatic rings. The van der Waals surface area contributed by atoms with Crippen LogP contribution in [0.1, 0.15) is 49.5 Å². The van der Waals surface area contributed by atoms with E-state index in [2.05, 4.69) is 12.2 Å². The van der Waals surface area contributed by atoms with Gasteiger partial charge in [-0.3, -0.25) is 4.79 Å². The Kier molecular flexibility index (Phi) is 7.51. The van der Waals surface area contributed by atoms with Crippen molar-refractivity contribution in [3.63, 3.8) is 0 Å². The number of nitrogens with one attached hydrogen (secondary N) is 1. The van der Waals surface area contributed by atoms with Gasteiger partial charge < -0.3 is 5.32 Å². The van der Waals surface area contributed by atoms with Gasteiger partial charge in [-0.25, -0.2) is 9.38 Å². The fourth-order valence-electron chi connectivity index (χ4n) is 3.01. The number of aliphatic imine (C=N–C) groups is 1. The zero-order valence-electron chi connectivity index (χ0n) is 17.3. The fraction of sp³-hybridized carbons (Fsp3) is 0.250. The van der Waals surface area contributed by atoms with Crippen LogP contribution in [-0.4, -0.2) is 18.2 Å². The van der Waals surface area contributed by atoms with Gasteiger partial charge in [-0.1, -0.05) is 42.8 Å². The first kappa shape index (κ1) is 22.3. The molecule has 2 aromatic carbocycles. The highest BCUT2D eigenvalue weighted by molar-refractivity contribution is 7.99. The molecule has 0 spiro atoms. The molecule has 1 N–H and O–H groups in total. The quantitative estimate of drug-likeness (QED) is 0.385. The van der Waals surface area contributed by atoms with Gasteiger partial charge in [-0.15, -0.1) is 0 Å². The molecular weight excluding hydrogens is 419 g/mol. The lowest BCUT2D eigenvalue weighted by Crippen LogP contribution is -2.24. The molecule has 1 heterocycles. The van der Waals surface area contributed by atoms with E-state index in [0.29, 0.717) is 28.5 Å². The van der Waals surface area contributed by atoms with Gasteiger partial charge >= 0.3 is 0 Å². The molecule has 3 rings (SSSR count). The van der Waals surface area contributed by atoms with Crippen LogP contribution in [0.5, 0.6) is 0 Å². The van der Waals surface area contributed by atoms with Crippen molar-refractivity contribution in [1.82, 2.24) is 5.32 Å². The van der Waals surface area contributed by atoms with E-state index < -0.39 is 0 Å². The number of nitrogens with zero attached hydrogens (tertiary/aromatic N) is 1. The van der Waals surface area contributed by atoms with Crippen LogP contribution in [0, 0.1) is 5.82 Å². The molecule has 0 aromatic heterocycles. The number of benzene rings is 2. The van der Waals surface area contributed by atoms with E-state index in [-0.39, 0.29) is 11.7 Å². The highest BCUT2D eigenvalue weighted by Crippen LogP contribution is 2.41. The second kappa shape index (κ2) is 10.1. The third-order valence-electron chi connectivity index (χ3n) is 4.62. The smallest absolute Gasteiger partial charge is 0.251 e. The van der Waals surface area contributed by atoms with E-state index in [9.17, 15) is 9.18 Å². The number of halogens is 2. The first-order valence-electron chi connectivity index (χ1n) is 9.88. The monoisotopic (exact) mass is 442 g/mol. The Labute approximate surface area is 186 Å². The summed E-state index contributed by atoms with van der Waals surface area (Å²) in [5, 5.41) is 3.58. The van der Waals surface area contributed by atoms with Crippen LogP contribution < -0.4 is 5.32 Å². The maximum absolute atomic E-state index is 14.1. The molecule has 1 aliphatic rings. The van der Waals surface area contributed by atoms with E-state index in [0.717, 1.165) is 33.8 Å². The Morgan fingerprint density at radius 3 is 2.67 bits per heavy atom. The van der Waals surface area contributed by atoms with Crippen LogP contribution in [0.15, 0.2) is 73.9 Å². The molecule has 0 saturated heterocycles. The Morgan fingerprint density at radius 1 is 1.17 bits per heavy atom. The molecule has 0 saturated carbocycles. The molecule has 1 amide bonds. The maximum atomic E-state index is 14.1. The van der Waals surface area contributed by atoms with Crippen LogP contribution in [0.4, 0.5) is 10.1 Å². The fourth-order valence-corrected chi connectivity index (χ4v) is 4.05. The van der Waals surface area contributed by atoms with Crippen molar-refractivity contribution in [3.8, 4) is 0 Å². The van der Waals surface area contributed by atoms with Gasteiger partial charge in [0, 0.05) is 32.5 Å². The molecule has 0 fully saturated rings. The Morgan fingerprint density at radius 2 is 1.93 bits per heavy atom. The van der Waals surface area contributed by atoms with Crippen molar-refractivity contribution in [3.05, 3.63) is 76.1 Å². The summed E-state index contributed by atoms with van der Waals surface area (Å²) in [5.74, 6) is -0.436. The summed E-state index contributed by atoms with van der Waals surface area (Å²) in [5.41, 5.74) is 3.49. The third kappa shape index (κ3) is 5.41. The summed E-state index contributed by atoms with van der Waals surface area (Å²) in [6.07, 6.45) is 5.61. The van der Waals surface area contributed by atoms with Gasteiger partial charge in [0.1, 0.15) is 5.82 Å². The highest BCUT2D eigenvalue weighted by atomic mass is 35.5. The van der Waals surface area contributed by atoms with Gasteiger partial charge in [0.05, 0.1) is 11.4 Å². The molecule has 1 aliphatic heterocycles. The number of carbonyl (C=O) groups is 1. The second-order valence-corrected chi connectivity index (χ2v) is 8.78. The minimum absolute atomic E-state index is 0.117. The van der Waals surface area contributed by atoms with Crippen LogP contribution in [0.2, 0.25) is 0 Å². The number of rotatable bonds is 6. The van der Waals surface area contributed by atoms with Gasteiger partial charge in [0.25, 0.3) is 5.91 Å². The van der Waals surface area contributed by atoms with Gasteiger partial charge in [-0.05, 0) is 68.3 Å². The molecule has 0 radical (unpaired) electrons. The Balaban J connectivity index is 2.08. The number of hydrogen-bond acceptors (Lipinski definition) is 3. The largest absolute Gasteiger partial charge is 0.352 e. The molecule has 30 heavy (non-hydrogen) atoms. The molecule has 156 valence electrons. The lowest BCUT2D eigenvalue weighted by Gasteiger charge is -2.09. The molecular formula is C24H24ClFN2OS. The van der Waals surface area contributed by atoms with E-state index in [1.807, 2.05) is 19.1 Å². The zero-order valence-corrected chi connectivity index (χ0v) is 18.8. The number of amides is 1. The molecule has 0 bridgehead atoms. The highest BCUT2D eigenvalue weighted by Gasteiger charge is 2.20. The Hall–Kier alpha value is -2.37. The first-order valence-corrected chi connectivity index (χ1v) is 11.1. The van der Waals surface area contributed by atoms with Crippen molar-refractivity contribution >= 4 is 40.7 Å². The summed E-state index contributed by atoms with van der Waals surface area (Å²) in [6, 6.07) is 10.2. The van der Waals surface area contributed by atoms with E-state index >= 15 is 0 Å². The van der Waals surface area contributed by atoms with E-state index in [1.165, 1.54) is 23.9 Å². The Bertz CT molecular complexity index is 1060. The van der Waals surface area contributed by atoms with Crippen LogP contribution in [0.3, 0.4) is 0 Å². The topological polar surface area (TPSA) is 41.5 Å². The summed E-state index contributed by atoms with van der Waals surface area (Å²) in [4.78, 5) is 19.2. The van der Waals surface area contributed by atoms with Crippen molar-refractivity contribution in [2.24, 2.45) is 4.99 Å². The summed E-state index contributed by atoms with van der Waals surface area (Å²) >= 11 is 7.49. The number of carbonyl (C=O) groups excluding carboxylic acids is 1. The van der Waals surface area contributed by atoms with Crippen molar-refractivity contribution in [2.75, 3.05) is 6.54 Å². The van der Waals surface area contributed by atoms with Gasteiger partial charge in [0.15, 0.2) is 0 Å². The summed E-state index contributed by atoms with van der Waals surface area (Å²) in [6.45, 7) is 6.44. The van der Waals surface area contributed by atoms with Crippen LogP contribution in [-0.2, 0) is 0 Å². The molecule has 0 aliphatic carbocycles. The van der Waals surface area contributed by atoms with Gasteiger partial charge in [0.2, 0.25) is 0 Å². The third-order valence-corrected chi connectivity index (χ3v) is 5.89. The lowest BCUT2D eigenvalue weighted by molar-refractivity contribution is 0.0953. The molecule has 3 nitrogen and oxygen atoms in total. The summed E-state index contributed by atoms with van der Waals surface area (Å²) in [7, 11) is 0. The standard InChI is InChI=1S/C24H24ClFN2OS/c1-4-5-12-27-24(29)17-8-10-22-20(13-17)28-23(15(2)6-7-16(3)25)19-14-18(26)9-11-21(19)30-22/h6-11,13-14H,4-5,12H2,1-3H3,(H,27,29)/b15-6+,16-7+. The second-order valence-electron chi connectivity index (χ2n) is 7.10.